The van der Waals surface area contributed by atoms with Gasteiger partial charge in [-0.15, -0.1) is 0 Å². The summed E-state index contributed by atoms with van der Waals surface area (Å²) in [5, 5.41) is 4.25. The molecule has 1 atom stereocenters. The topological polar surface area (TPSA) is 73.7 Å². The van der Waals surface area contributed by atoms with E-state index in [-0.39, 0.29) is 17.8 Å². The van der Waals surface area contributed by atoms with Gasteiger partial charge in [-0.1, -0.05) is 0 Å². The summed E-state index contributed by atoms with van der Waals surface area (Å²) < 4.78 is 39.9. The van der Waals surface area contributed by atoms with E-state index in [4.69, 9.17) is 9.47 Å². The molecule has 3 heterocycles. The predicted molar refractivity (Wildman–Crippen MR) is 85.5 cm³/mol. The van der Waals surface area contributed by atoms with Gasteiger partial charge in [-0.05, 0) is 25.7 Å². The van der Waals surface area contributed by atoms with Crippen LogP contribution >= 0.6 is 0 Å². The normalized spacial score (nSPS) is 24.8. The minimum absolute atomic E-state index is 0.206. The summed E-state index contributed by atoms with van der Waals surface area (Å²) in [6.45, 7) is 5.38. The van der Waals surface area contributed by atoms with Crippen LogP contribution in [0.4, 0.5) is 0 Å². The Labute approximate surface area is 137 Å². The summed E-state index contributed by atoms with van der Waals surface area (Å²) in [5.74, 6) is 0.426. The van der Waals surface area contributed by atoms with Gasteiger partial charge in [0.05, 0.1) is 24.7 Å². The first kappa shape index (κ1) is 16.9. The number of aryl methyl sites for hydroxylation is 1. The minimum atomic E-state index is -3.25. The molecule has 0 aliphatic carbocycles. The maximum absolute atomic E-state index is 12.7. The van der Waals surface area contributed by atoms with Crippen LogP contribution in [0.1, 0.15) is 31.4 Å². The van der Waals surface area contributed by atoms with Crippen LogP contribution in [-0.2, 0) is 26.0 Å². The second kappa shape index (κ2) is 7.29. The van der Waals surface area contributed by atoms with Gasteiger partial charge in [-0.3, -0.25) is 4.68 Å². The average molecular weight is 343 g/mol. The molecule has 2 saturated heterocycles. The quantitative estimate of drug-likeness (QED) is 0.798. The molecule has 3 rings (SSSR count). The summed E-state index contributed by atoms with van der Waals surface area (Å²) in [6.07, 6.45) is 5.13. The Morgan fingerprint density at radius 1 is 1.30 bits per heavy atom. The van der Waals surface area contributed by atoms with Crippen molar-refractivity contribution in [1.82, 2.24) is 14.1 Å². The van der Waals surface area contributed by atoms with Gasteiger partial charge < -0.3 is 9.47 Å². The first-order chi connectivity index (χ1) is 11.1. The fourth-order valence-corrected chi connectivity index (χ4v) is 4.97. The van der Waals surface area contributed by atoms with E-state index in [0.717, 1.165) is 24.9 Å². The van der Waals surface area contributed by atoms with Gasteiger partial charge in [-0.25, -0.2) is 8.42 Å². The van der Waals surface area contributed by atoms with Crippen molar-refractivity contribution in [3.05, 3.63) is 18.0 Å². The van der Waals surface area contributed by atoms with Crippen molar-refractivity contribution < 1.29 is 17.9 Å². The molecule has 1 aromatic heterocycles. The Morgan fingerprint density at radius 3 is 2.78 bits per heavy atom. The highest BCUT2D eigenvalue weighted by Crippen LogP contribution is 2.25. The van der Waals surface area contributed by atoms with Crippen LogP contribution in [0, 0.1) is 5.92 Å². The van der Waals surface area contributed by atoms with E-state index >= 15 is 0 Å². The van der Waals surface area contributed by atoms with Gasteiger partial charge in [0.1, 0.15) is 0 Å². The van der Waals surface area contributed by atoms with Gasteiger partial charge in [0.25, 0.3) is 0 Å². The number of sulfonamides is 1. The highest BCUT2D eigenvalue weighted by molar-refractivity contribution is 7.89. The highest BCUT2D eigenvalue weighted by atomic mass is 32.2. The number of rotatable bonds is 5. The minimum Gasteiger partial charge on any atom is -0.381 e. The molecule has 0 saturated carbocycles. The van der Waals surface area contributed by atoms with E-state index in [1.807, 2.05) is 17.8 Å². The van der Waals surface area contributed by atoms with Crippen LogP contribution < -0.4 is 0 Å². The van der Waals surface area contributed by atoms with Gasteiger partial charge in [0, 0.05) is 44.6 Å². The molecule has 1 unspecified atom stereocenters. The number of ether oxygens (including phenoxy) is 2. The predicted octanol–water partition coefficient (Wildman–Crippen LogP) is 1.03. The Bertz CT molecular complexity index is 610. The van der Waals surface area contributed by atoms with Gasteiger partial charge in [0.2, 0.25) is 10.0 Å². The third-order valence-corrected chi connectivity index (χ3v) is 6.57. The van der Waals surface area contributed by atoms with Crippen molar-refractivity contribution in [1.29, 1.82) is 0 Å². The first-order valence-electron chi connectivity index (χ1n) is 8.28. The molecular weight excluding hydrogens is 318 g/mol. The molecule has 8 heteroatoms. The van der Waals surface area contributed by atoms with Crippen molar-refractivity contribution in [2.45, 2.75) is 32.4 Å². The fraction of sp³-hybridized carbons (Fsp3) is 0.800. The van der Waals surface area contributed by atoms with Crippen molar-refractivity contribution in [3.8, 4) is 0 Å². The molecule has 23 heavy (non-hydrogen) atoms. The lowest BCUT2D eigenvalue weighted by molar-refractivity contribution is -0.00292. The molecule has 2 aliphatic rings. The van der Waals surface area contributed by atoms with E-state index in [0.29, 0.717) is 32.9 Å². The lowest BCUT2D eigenvalue weighted by Gasteiger charge is -2.33. The number of aromatic nitrogens is 2. The van der Waals surface area contributed by atoms with Crippen LogP contribution in [0.15, 0.2) is 12.4 Å². The van der Waals surface area contributed by atoms with Gasteiger partial charge in [0.15, 0.2) is 0 Å². The standard InChI is InChI=1S/C15H25N3O4S/c1-2-17-10-14(9-16-17)15-11-18(5-8-22-15)23(19,20)12-13-3-6-21-7-4-13/h9-10,13,15H,2-8,11-12H2,1H3. The number of hydrogen-bond donors (Lipinski definition) is 0. The zero-order chi connectivity index (χ0) is 16.3. The van der Waals surface area contributed by atoms with Crippen molar-refractivity contribution in [2.75, 3.05) is 38.7 Å². The first-order valence-corrected chi connectivity index (χ1v) is 9.89. The largest absolute Gasteiger partial charge is 0.381 e. The Hall–Kier alpha value is -0.960. The lowest BCUT2D eigenvalue weighted by Crippen LogP contribution is -2.44. The van der Waals surface area contributed by atoms with Crippen LogP contribution in [0.5, 0.6) is 0 Å². The number of nitrogens with zero attached hydrogens (tertiary/aromatic N) is 3. The molecule has 0 spiro atoms. The molecule has 0 radical (unpaired) electrons. The summed E-state index contributed by atoms with van der Waals surface area (Å²) in [6, 6.07) is 0. The number of morpholine rings is 1. The van der Waals surface area contributed by atoms with E-state index in [2.05, 4.69) is 5.10 Å². The molecule has 130 valence electrons. The van der Waals surface area contributed by atoms with Gasteiger partial charge in [-0.2, -0.15) is 9.40 Å². The van der Waals surface area contributed by atoms with E-state index in [1.165, 1.54) is 0 Å². The summed E-state index contributed by atoms with van der Waals surface area (Å²) in [5.41, 5.74) is 0.942. The lowest BCUT2D eigenvalue weighted by atomic mass is 10.0. The SMILES string of the molecule is CCn1cc(C2CN(S(=O)(=O)CC3CCOCC3)CCO2)cn1. The molecule has 1 aromatic rings. The summed E-state index contributed by atoms with van der Waals surface area (Å²) in [4.78, 5) is 0. The molecule has 0 bridgehead atoms. The maximum Gasteiger partial charge on any atom is 0.214 e. The number of hydrogen-bond acceptors (Lipinski definition) is 5. The Balaban J connectivity index is 1.64. The summed E-state index contributed by atoms with van der Waals surface area (Å²) in [7, 11) is -3.25. The molecule has 2 aliphatic heterocycles. The second-order valence-corrected chi connectivity index (χ2v) is 8.19. The van der Waals surface area contributed by atoms with Crippen molar-refractivity contribution in [2.24, 2.45) is 5.92 Å². The third kappa shape index (κ3) is 4.12. The van der Waals surface area contributed by atoms with Crippen LogP contribution in [0.3, 0.4) is 0 Å². The third-order valence-electron chi connectivity index (χ3n) is 4.56. The van der Waals surface area contributed by atoms with Gasteiger partial charge >= 0.3 is 0 Å². The fourth-order valence-electron chi connectivity index (χ4n) is 3.12. The highest BCUT2D eigenvalue weighted by Gasteiger charge is 2.33. The zero-order valence-corrected chi connectivity index (χ0v) is 14.4. The smallest absolute Gasteiger partial charge is 0.214 e. The molecule has 0 N–H and O–H groups in total. The second-order valence-electron chi connectivity index (χ2n) is 6.18. The molecule has 0 amide bonds. The zero-order valence-electron chi connectivity index (χ0n) is 13.6. The summed E-state index contributed by atoms with van der Waals surface area (Å²) >= 11 is 0. The molecule has 7 nitrogen and oxygen atoms in total. The Morgan fingerprint density at radius 2 is 2.09 bits per heavy atom. The maximum atomic E-state index is 12.7. The monoisotopic (exact) mass is 343 g/mol. The van der Waals surface area contributed by atoms with E-state index in [9.17, 15) is 8.42 Å². The van der Waals surface area contributed by atoms with Crippen LogP contribution in [0.25, 0.3) is 0 Å². The molecular formula is C15H25N3O4S. The van der Waals surface area contributed by atoms with Crippen LogP contribution in [0.2, 0.25) is 0 Å². The van der Waals surface area contributed by atoms with Crippen molar-refractivity contribution >= 4 is 10.0 Å². The molecule has 2 fully saturated rings. The van der Waals surface area contributed by atoms with E-state index in [1.54, 1.807) is 10.5 Å². The van der Waals surface area contributed by atoms with Crippen molar-refractivity contribution in [3.63, 3.8) is 0 Å². The molecule has 0 aromatic carbocycles. The van der Waals surface area contributed by atoms with E-state index < -0.39 is 10.0 Å². The Kier molecular flexibility index (Phi) is 5.35. The average Bonchev–Trinajstić information content (AvgIpc) is 3.05. The van der Waals surface area contributed by atoms with Crippen LogP contribution in [-0.4, -0.2) is 61.2 Å².